The summed E-state index contributed by atoms with van der Waals surface area (Å²) < 4.78 is 25.8. The lowest BCUT2D eigenvalue weighted by atomic mass is 10.2. The van der Waals surface area contributed by atoms with Crippen LogP contribution in [0.5, 0.6) is 0 Å². The van der Waals surface area contributed by atoms with Gasteiger partial charge in [-0.2, -0.15) is 4.31 Å². The van der Waals surface area contributed by atoms with Crippen LogP contribution in [0, 0.1) is 5.92 Å². The largest absolute Gasteiger partial charge is 0.243 e. The quantitative estimate of drug-likeness (QED) is 0.768. The molecule has 0 amide bonds. The van der Waals surface area contributed by atoms with Gasteiger partial charge < -0.3 is 0 Å². The van der Waals surface area contributed by atoms with Crippen LogP contribution in [-0.4, -0.2) is 25.8 Å². The van der Waals surface area contributed by atoms with Gasteiger partial charge in [-0.15, -0.1) is 0 Å². The van der Waals surface area contributed by atoms with E-state index < -0.39 is 10.0 Å². The van der Waals surface area contributed by atoms with Crippen molar-refractivity contribution in [2.45, 2.75) is 18.2 Å². The van der Waals surface area contributed by atoms with E-state index in [1.807, 2.05) is 6.07 Å². The molecule has 1 aromatic carbocycles. The van der Waals surface area contributed by atoms with E-state index in [1.54, 1.807) is 28.6 Å². The molecule has 1 atom stereocenters. The minimum atomic E-state index is -3.24. The number of rotatable bonds is 2. The SMILES string of the molecule is CC1CCN(S(=O)(=O)c2ccccc2)C1. The predicted molar refractivity (Wildman–Crippen MR) is 59.0 cm³/mol. The predicted octanol–water partition coefficient (Wildman–Crippen LogP) is 1.72. The van der Waals surface area contributed by atoms with Gasteiger partial charge in [0.1, 0.15) is 0 Å². The third-order valence-electron chi connectivity index (χ3n) is 2.77. The summed E-state index contributed by atoms with van der Waals surface area (Å²) in [7, 11) is -3.24. The standard InChI is InChI=1S/C11H15NO2S/c1-10-7-8-12(9-10)15(13,14)11-5-3-2-4-6-11/h2-6,10H,7-9H2,1H3. The number of hydrogen-bond donors (Lipinski definition) is 0. The van der Waals surface area contributed by atoms with Gasteiger partial charge in [-0.05, 0) is 24.5 Å². The molecule has 0 saturated carbocycles. The molecule has 1 fully saturated rings. The minimum Gasteiger partial charge on any atom is -0.207 e. The van der Waals surface area contributed by atoms with Gasteiger partial charge in [0.15, 0.2) is 0 Å². The third-order valence-corrected chi connectivity index (χ3v) is 4.65. The van der Waals surface area contributed by atoms with Crippen LogP contribution in [0.2, 0.25) is 0 Å². The van der Waals surface area contributed by atoms with Crippen molar-refractivity contribution >= 4 is 10.0 Å². The summed E-state index contributed by atoms with van der Waals surface area (Å²) in [6.07, 6.45) is 0.964. The zero-order valence-corrected chi connectivity index (χ0v) is 9.57. The first-order valence-electron chi connectivity index (χ1n) is 5.16. The lowest BCUT2D eigenvalue weighted by Gasteiger charge is -2.15. The van der Waals surface area contributed by atoms with Gasteiger partial charge in [0.25, 0.3) is 0 Å². The fourth-order valence-corrected chi connectivity index (χ4v) is 3.45. The maximum atomic E-state index is 12.1. The van der Waals surface area contributed by atoms with E-state index in [1.165, 1.54) is 0 Å². The van der Waals surface area contributed by atoms with Gasteiger partial charge in [-0.3, -0.25) is 0 Å². The number of hydrogen-bond acceptors (Lipinski definition) is 2. The highest BCUT2D eigenvalue weighted by molar-refractivity contribution is 7.89. The molecule has 0 bridgehead atoms. The van der Waals surface area contributed by atoms with Gasteiger partial charge in [0.2, 0.25) is 10.0 Å². The van der Waals surface area contributed by atoms with Crippen molar-refractivity contribution in [1.29, 1.82) is 0 Å². The Labute approximate surface area is 90.8 Å². The van der Waals surface area contributed by atoms with Crippen molar-refractivity contribution in [1.82, 2.24) is 4.31 Å². The molecule has 82 valence electrons. The van der Waals surface area contributed by atoms with E-state index in [0.29, 0.717) is 23.9 Å². The Kier molecular flexibility index (Phi) is 2.80. The molecular formula is C11H15NO2S. The molecule has 0 aromatic heterocycles. The van der Waals surface area contributed by atoms with Gasteiger partial charge in [0, 0.05) is 13.1 Å². The fraction of sp³-hybridized carbons (Fsp3) is 0.455. The molecule has 0 spiro atoms. The van der Waals surface area contributed by atoms with Crippen LogP contribution >= 0.6 is 0 Å². The highest BCUT2D eigenvalue weighted by Gasteiger charge is 2.30. The van der Waals surface area contributed by atoms with Crippen LogP contribution in [0.3, 0.4) is 0 Å². The highest BCUT2D eigenvalue weighted by Crippen LogP contribution is 2.23. The molecule has 1 unspecified atom stereocenters. The molecule has 1 aliphatic heterocycles. The van der Waals surface area contributed by atoms with Crippen LogP contribution < -0.4 is 0 Å². The third kappa shape index (κ3) is 2.06. The Morgan fingerprint density at radius 1 is 1.27 bits per heavy atom. The number of nitrogens with zero attached hydrogens (tertiary/aromatic N) is 1. The molecule has 4 heteroatoms. The van der Waals surface area contributed by atoms with Crippen molar-refractivity contribution in [3.8, 4) is 0 Å². The van der Waals surface area contributed by atoms with Gasteiger partial charge in [0.05, 0.1) is 4.90 Å². The summed E-state index contributed by atoms with van der Waals surface area (Å²) in [6.45, 7) is 3.39. The molecule has 1 heterocycles. The van der Waals surface area contributed by atoms with E-state index in [9.17, 15) is 8.42 Å². The Morgan fingerprint density at radius 2 is 1.93 bits per heavy atom. The van der Waals surface area contributed by atoms with Crippen molar-refractivity contribution in [2.75, 3.05) is 13.1 Å². The molecule has 0 N–H and O–H groups in total. The molecule has 1 aliphatic rings. The molecule has 0 radical (unpaired) electrons. The first-order valence-corrected chi connectivity index (χ1v) is 6.60. The van der Waals surface area contributed by atoms with E-state index in [0.717, 1.165) is 6.42 Å². The molecule has 2 rings (SSSR count). The zero-order valence-electron chi connectivity index (χ0n) is 8.76. The second kappa shape index (κ2) is 3.94. The Hall–Kier alpha value is -0.870. The van der Waals surface area contributed by atoms with Crippen LogP contribution in [0.25, 0.3) is 0 Å². The molecule has 3 nitrogen and oxygen atoms in total. The second-order valence-electron chi connectivity index (χ2n) is 4.07. The monoisotopic (exact) mass is 225 g/mol. The van der Waals surface area contributed by atoms with Gasteiger partial charge in [-0.25, -0.2) is 8.42 Å². The Morgan fingerprint density at radius 3 is 2.47 bits per heavy atom. The molecule has 0 aliphatic carbocycles. The van der Waals surface area contributed by atoms with Crippen LogP contribution in [0.15, 0.2) is 35.2 Å². The van der Waals surface area contributed by atoms with E-state index >= 15 is 0 Å². The maximum Gasteiger partial charge on any atom is 0.243 e. The first kappa shape index (κ1) is 10.6. The summed E-state index contributed by atoms with van der Waals surface area (Å²) in [4.78, 5) is 0.402. The summed E-state index contributed by atoms with van der Waals surface area (Å²) in [6, 6.07) is 8.64. The molecule has 1 saturated heterocycles. The maximum absolute atomic E-state index is 12.1. The first-order chi connectivity index (χ1) is 7.10. The average Bonchev–Trinajstić information content (AvgIpc) is 2.67. The van der Waals surface area contributed by atoms with Crippen LogP contribution in [0.4, 0.5) is 0 Å². The Bertz CT molecular complexity index is 427. The average molecular weight is 225 g/mol. The Balaban J connectivity index is 2.28. The molecular weight excluding hydrogens is 210 g/mol. The van der Waals surface area contributed by atoms with Crippen molar-refractivity contribution in [3.63, 3.8) is 0 Å². The topological polar surface area (TPSA) is 37.4 Å². The summed E-state index contributed by atoms with van der Waals surface area (Å²) in [5.74, 6) is 0.475. The van der Waals surface area contributed by atoms with Gasteiger partial charge in [-0.1, -0.05) is 25.1 Å². The second-order valence-corrected chi connectivity index (χ2v) is 6.01. The normalized spacial score (nSPS) is 23.1. The van der Waals surface area contributed by atoms with E-state index in [-0.39, 0.29) is 0 Å². The number of benzene rings is 1. The summed E-state index contributed by atoms with van der Waals surface area (Å²) in [5, 5.41) is 0. The van der Waals surface area contributed by atoms with Crippen molar-refractivity contribution in [2.24, 2.45) is 5.92 Å². The van der Waals surface area contributed by atoms with Crippen LogP contribution in [0.1, 0.15) is 13.3 Å². The van der Waals surface area contributed by atoms with Crippen molar-refractivity contribution in [3.05, 3.63) is 30.3 Å². The van der Waals surface area contributed by atoms with Crippen molar-refractivity contribution < 1.29 is 8.42 Å². The molecule has 1 aromatic rings. The zero-order chi connectivity index (χ0) is 10.9. The highest BCUT2D eigenvalue weighted by atomic mass is 32.2. The molecule has 15 heavy (non-hydrogen) atoms. The van der Waals surface area contributed by atoms with Crippen LogP contribution in [-0.2, 0) is 10.0 Å². The van der Waals surface area contributed by atoms with E-state index in [2.05, 4.69) is 6.92 Å². The minimum absolute atomic E-state index is 0.402. The smallest absolute Gasteiger partial charge is 0.207 e. The summed E-state index contributed by atoms with van der Waals surface area (Å²) >= 11 is 0. The lowest BCUT2D eigenvalue weighted by molar-refractivity contribution is 0.464. The lowest BCUT2D eigenvalue weighted by Crippen LogP contribution is -2.28. The fourth-order valence-electron chi connectivity index (χ4n) is 1.85. The number of sulfonamides is 1. The van der Waals surface area contributed by atoms with E-state index in [4.69, 9.17) is 0 Å². The van der Waals surface area contributed by atoms with Gasteiger partial charge >= 0.3 is 0 Å². The summed E-state index contributed by atoms with van der Waals surface area (Å²) in [5.41, 5.74) is 0.